The van der Waals surface area contributed by atoms with Gasteiger partial charge in [0.15, 0.2) is 0 Å². The van der Waals surface area contributed by atoms with Crippen LogP contribution in [0.1, 0.15) is 17.7 Å². The average molecular weight is 315 g/mol. The van der Waals surface area contributed by atoms with E-state index in [2.05, 4.69) is 0 Å². The zero-order valence-corrected chi connectivity index (χ0v) is 11.4. The molecule has 1 N–H and O–H groups in total. The van der Waals surface area contributed by atoms with E-state index >= 15 is 0 Å². The Labute approximate surface area is 112 Å². The molecule has 0 unspecified atom stereocenters. The standard InChI is InChI=1S/C10H12F3NO3S2/c11-10(12,13)6-14(7-1-2-7)19(16,17)9-3-8(4-15)18-5-9/h3,5,7,15H,1-2,4,6H2. The highest BCUT2D eigenvalue weighted by atomic mass is 32.2. The SMILES string of the molecule is O=S(=O)(c1csc(CO)c1)N(CC(F)(F)F)C1CC1. The highest BCUT2D eigenvalue weighted by molar-refractivity contribution is 7.89. The van der Waals surface area contributed by atoms with Crippen molar-refractivity contribution in [3.05, 3.63) is 16.3 Å². The predicted molar refractivity (Wildman–Crippen MR) is 63.2 cm³/mol. The molecule has 1 fully saturated rings. The van der Waals surface area contributed by atoms with E-state index in [0.717, 1.165) is 11.3 Å². The van der Waals surface area contributed by atoms with Gasteiger partial charge in [0.2, 0.25) is 10.0 Å². The van der Waals surface area contributed by atoms with Crippen LogP contribution in [0.4, 0.5) is 13.2 Å². The number of hydrogen-bond donors (Lipinski definition) is 1. The summed E-state index contributed by atoms with van der Waals surface area (Å²) < 4.78 is 62.3. The number of thiophene rings is 1. The summed E-state index contributed by atoms with van der Waals surface area (Å²) in [6.45, 7) is -1.80. The lowest BCUT2D eigenvalue weighted by Gasteiger charge is -2.22. The summed E-state index contributed by atoms with van der Waals surface area (Å²) in [6.07, 6.45) is -3.66. The second kappa shape index (κ2) is 5.04. The topological polar surface area (TPSA) is 57.6 Å². The van der Waals surface area contributed by atoms with Gasteiger partial charge in [-0.15, -0.1) is 11.3 Å². The Bertz CT molecular complexity index is 549. The first kappa shape index (κ1) is 14.8. The van der Waals surface area contributed by atoms with Crippen LogP contribution in [0.5, 0.6) is 0 Å². The normalized spacial score (nSPS) is 17.1. The van der Waals surface area contributed by atoms with Gasteiger partial charge in [0.05, 0.1) is 11.5 Å². The molecular weight excluding hydrogens is 303 g/mol. The molecule has 1 aromatic heterocycles. The largest absolute Gasteiger partial charge is 0.402 e. The summed E-state index contributed by atoms with van der Waals surface area (Å²) in [4.78, 5) is 0.221. The van der Waals surface area contributed by atoms with Gasteiger partial charge in [-0.05, 0) is 18.9 Å². The lowest BCUT2D eigenvalue weighted by atomic mass is 10.5. The fourth-order valence-electron chi connectivity index (χ4n) is 1.66. The molecule has 0 atom stereocenters. The quantitative estimate of drug-likeness (QED) is 0.903. The molecule has 1 aliphatic carbocycles. The van der Waals surface area contributed by atoms with E-state index in [1.807, 2.05) is 0 Å². The minimum atomic E-state index is -4.56. The molecule has 0 spiro atoms. The number of aliphatic hydroxyl groups is 1. The van der Waals surface area contributed by atoms with Crippen LogP contribution in [0, 0.1) is 0 Å². The molecule has 0 bridgehead atoms. The molecule has 19 heavy (non-hydrogen) atoms. The van der Waals surface area contributed by atoms with Crippen LogP contribution in [0.25, 0.3) is 0 Å². The third-order valence-electron chi connectivity index (χ3n) is 2.68. The van der Waals surface area contributed by atoms with Crippen LogP contribution in [0.2, 0.25) is 0 Å². The van der Waals surface area contributed by atoms with Crippen LogP contribution in [0.3, 0.4) is 0 Å². The molecular formula is C10H12F3NO3S2. The van der Waals surface area contributed by atoms with Crippen LogP contribution in [-0.4, -0.2) is 36.6 Å². The number of alkyl halides is 3. The zero-order chi connectivity index (χ0) is 14.3. The van der Waals surface area contributed by atoms with Gasteiger partial charge in [-0.2, -0.15) is 17.5 Å². The van der Waals surface area contributed by atoms with Gasteiger partial charge in [-0.25, -0.2) is 8.42 Å². The van der Waals surface area contributed by atoms with Crippen molar-refractivity contribution in [2.75, 3.05) is 6.54 Å². The van der Waals surface area contributed by atoms with E-state index in [4.69, 9.17) is 5.11 Å². The fraction of sp³-hybridized carbons (Fsp3) is 0.600. The van der Waals surface area contributed by atoms with Crippen molar-refractivity contribution in [1.82, 2.24) is 4.31 Å². The average Bonchev–Trinajstić information content (AvgIpc) is 3.00. The number of aliphatic hydroxyl groups excluding tert-OH is 1. The summed E-state index contributed by atoms with van der Waals surface area (Å²) >= 11 is 1.01. The maximum absolute atomic E-state index is 12.5. The third-order valence-corrected chi connectivity index (χ3v) is 5.63. The number of hydrogen-bond acceptors (Lipinski definition) is 4. The Morgan fingerprint density at radius 2 is 2.05 bits per heavy atom. The second-order valence-corrected chi connectivity index (χ2v) is 7.19. The second-order valence-electron chi connectivity index (χ2n) is 4.30. The van der Waals surface area contributed by atoms with Gasteiger partial charge in [0, 0.05) is 16.3 Å². The lowest BCUT2D eigenvalue weighted by Crippen LogP contribution is -2.40. The summed E-state index contributed by atoms with van der Waals surface area (Å²) in [5.74, 6) is 0. The maximum Gasteiger partial charge on any atom is 0.402 e. The molecule has 0 saturated heterocycles. The molecule has 0 radical (unpaired) electrons. The van der Waals surface area contributed by atoms with Crippen molar-refractivity contribution in [1.29, 1.82) is 0 Å². The van der Waals surface area contributed by atoms with Crippen molar-refractivity contribution in [2.24, 2.45) is 0 Å². The van der Waals surface area contributed by atoms with Crippen molar-refractivity contribution in [2.45, 2.75) is 36.6 Å². The minimum absolute atomic E-state index is 0.183. The molecule has 4 nitrogen and oxygen atoms in total. The summed E-state index contributed by atoms with van der Waals surface area (Å²) in [5, 5.41) is 10.1. The smallest absolute Gasteiger partial charge is 0.391 e. The van der Waals surface area contributed by atoms with E-state index in [9.17, 15) is 21.6 Å². The van der Waals surface area contributed by atoms with Gasteiger partial charge in [0.25, 0.3) is 0 Å². The summed E-state index contributed by atoms with van der Waals surface area (Å²) in [7, 11) is -4.15. The lowest BCUT2D eigenvalue weighted by molar-refractivity contribution is -0.137. The summed E-state index contributed by atoms with van der Waals surface area (Å²) in [5.41, 5.74) is 0. The Hall–Kier alpha value is -0.640. The van der Waals surface area contributed by atoms with E-state index in [1.165, 1.54) is 11.4 Å². The molecule has 0 amide bonds. The molecule has 2 rings (SSSR count). The number of nitrogens with zero attached hydrogens (tertiary/aromatic N) is 1. The van der Waals surface area contributed by atoms with Gasteiger partial charge >= 0.3 is 6.18 Å². The Kier molecular flexibility index (Phi) is 3.92. The van der Waals surface area contributed by atoms with E-state index in [-0.39, 0.29) is 11.5 Å². The molecule has 0 aromatic carbocycles. The van der Waals surface area contributed by atoms with Crippen molar-refractivity contribution in [3.8, 4) is 0 Å². The van der Waals surface area contributed by atoms with E-state index in [1.54, 1.807) is 0 Å². The predicted octanol–water partition coefficient (Wildman–Crippen LogP) is 1.96. The number of rotatable bonds is 5. The van der Waals surface area contributed by atoms with Crippen molar-refractivity contribution < 1.29 is 26.7 Å². The summed E-state index contributed by atoms with van der Waals surface area (Å²) in [6, 6.07) is 0.648. The first-order valence-electron chi connectivity index (χ1n) is 5.51. The van der Waals surface area contributed by atoms with Crippen LogP contribution >= 0.6 is 11.3 Å². The Balaban J connectivity index is 2.29. The highest BCUT2D eigenvalue weighted by Gasteiger charge is 2.44. The van der Waals surface area contributed by atoms with Gasteiger partial charge in [0.1, 0.15) is 6.54 Å². The van der Waals surface area contributed by atoms with Gasteiger partial charge in [-0.1, -0.05) is 0 Å². The first-order chi connectivity index (χ1) is 8.74. The molecule has 1 heterocycles. The van der Waals surface area contributed by atoms with E-state index in [0.29, 0.717) is 22.0 Å². The van der Waals surface area contributed by atoms with Crippen LogP contribution in [-0.2, 0) is 16.6 Å². The number of sulfonamides is 1. The van der Waals surface area contributed by atoms with Gasteiger partial charge < -0.3 is 5.11 Å². The zero-order valence-electron chi connectivity index (χ0n) is 9.72. The van der Waals surface area contributed by atoms with Crippen LogP contribution in [0.15, 0.2) is 16.3 Å². The Morgan fingerprint density at radius 1 is 1.42 bits per heavy atom. The monoisotopic (exact) mass is 315 g/mol. The van der Waals surface area contributed by atoms with E-state index < -0.39 is 28.8 Å². The van der Waals surface area contributed by atoms with Crippen molar-refractivity contribution in [3.63, 3.8) is 0 Å². The molecule has 1 aromatic rings. The molecule has 0 aliphatic heterocycles. The minimum Gasteiger partial charge on any atom is -0.391 e. The fourth-order valence-corrected chi connectivity index (χ4v) is 4.46. The van der Waals surface area contributed by atoms with Crippen LogP contribution < -0.4 is 0 Å². The van der Waals surface area contributed by atoms with Crippen molar-refractivity contribution >= 4 is 21.4 Å². The highest BCUT2D eigenvalue weighted by Crippen LogP contribution is 2.35. The Morgan fingerprint density at radius 3 is 2.47 bits per heavy atom. The first-order valence-corrected chi connectivity index (χ1v) is 7.83. The molecule has 9 heteroatoms. The maximum atomic E-state index is 12.5. The molecule has 108 valence electrons. The van der Waals surface area contributed by atoms with Gasteiger partial charge in [-0.3, -0.25) is 0 Å². The number of halogens is 3. The third kappa shape index (κ3) is 3.47. The molecule has 1 saturated carbocycles. The molecule has 1 aliphatic rings.